The number of fused-ring (bicyclic) bond motifs is 1. The summed E-state index contributed by atoms with van der Waals surface area (Å²) in [5.74, 6) is -0.0898. The molecule has 3 aromatic rings. The molecule has 2 aromatic heterocycles. The average molecular weight is 270 g/mol. The molecule has 2 heterocycles. The number of benzene rings is 1. The molecular formula is C14H10N2O2S. The van der Waals surface area contributed by atoms with E-state index >= 15 is 0 Å². The lowest BCUT2D eigenvalue weighted by Gasteiger charge is -2.03. The Balaban J connectivity index is 2.00. The summed E-state index contributed by atoms with van der Waals surface area (Å²) in [6.07, 6.45) is 3.14. The fraction of sp³-hybridized carbons (Fsp3) is 0.0714. The highest BCUT2D eigenvalue weighted by Crippen LogP contribution is 2.16. The molecule has 0 aliphatic heterocycles. The Bertz CT molecular complexity index is 790. The lowest BCUT2D eigenvalue weighted by atomic mass is 10.2. The summed E-state index contributed by atoms with van der Waals surface area (Å²) in [6, 6.07) is 10.8. The van der Waals surface area contributed by atoms with Crippen LogP contribution in [0.25, 0.3) is 10.2 Å². The topological polar surface area (TPSA) is 52.0 Å². The van der Waals surface area contributed by atoms with Gasteiger partial charge in [-0.2, -0.15) is 0 Å². The fourth-order valence-corrected chi connectivity index (χ4v) is 2.83. The van der Waals surface area contributed by atoms with Crippen molar-refractivity contribution >= 4 is 27.3 Å². The lowest BCUT2D eigenvalue weighted by molar-refractivity contribution is 0.0973. The van der Waals surface area contributed by atoms with Crippen molar-refractivity contribution in [1.29, 1.82) is 0 Å². The molecule has 3 rings (SSSR count). The molecule has 0 aliphatic carbocycles. The molecule has 5 heteroatoms. The van der Waals surface area contributed by atoms with Crippen molar-refractivity contribution in [3.05, 3.63) is 64.0 Å². The van der Waals surface area contributed by atoms with Crippen LogP contribution in [0.5, 0.6) is 0 Å². The van der Waals surface area contributed by atoms with Crippen LogP contribution in [0.3, 0.4) is 0 Å². The second-order valence-electron chi connectivity index (χ2n) is 4.08. The molecule has 0 saturated carbocycles. The second kappa shape index (κ2) is 4.78. The van der Waals surface area contributed by atoms with Gasteiger partial charge in [0.1, 0.15) is 0 Å². The SMILES string of the molecule is O=C(Cn1c(=O)sc2ccccc21)c1ccncc1. The molecule has 0 unspecified atom stereocenters. The van der Waals surface area contributed by atoms with E-state index in [9.17, 15) is 9.59 Å². The number of ketones is 1. The van der Waals surface area contributed by atoms with Gasteiger partial charge in [0.05, 0.1) is 16.8 Å². The number of nitrogens with zero attached hydrogens (tertiary/aromatic N) is 2. The Morgan fingerprint density at radius 3 is 2.68 bits per heavy atom. The Kier molecular flexibility index (Phi) is 2.97. The molecule has 0 saturated heterocycles. The highest BCUT2D eigenvalue weighted by atomic mass is 32.1. The van der Waals surface area contributed by atoms with Crippen LogP contribution in [0.1, 0.15) is 10.4 Å². The van der Waals surface area contributed by atoms with Crippen LogP contribution in [0.2, 0.25) is 0 Å². The first-order valence-corrected chi connectivity index (χ1v) is 6.59. The molecule has 0 amide bonds. The van der Waals surface area contributed by atoms with Crippen molar-refractivity contribution in [2.24, 2.45) is 0 Å². The van der Waals surface area contributed by atoms with Crippen molar-refractivity contribution in [2.75, 3.05) is 0 Å². The van der Waals surface area contributed by atoms with Crippen molar-refractivity contribution < 1.29 is 4.79 Å². The lowest BCUT2D eigenvalue weighted by Crippen LogP contribution is -2.19. The molecule has 0 bridgehead atoms. The molecule has 4 nitrogen and oxygen atoms in total. The van der Waals surface area contributed by atoms with Crippen LogP contribution in [-0.4, -0.2) is 15.3 Å². The number of hydrogen-bond acceptors (Lipinski definition) is 4. The Hall–Kier alpha value is -2.27. The molecule has 0 spiro atoms. The minimum absolute atomic E-state index is 0.0624. The summed E-state index contributed by atoms with van der Waals surface area (Å²) in [4.78, 5) is 27.8. The van der Waals surface area contributed by atoms with E-state index in [1.807, 2.05) is 24.3 Å². The molecule has 0 fully saturated rings. The largest absolute Gasteiger partial charge is 0.308 e. The van der Waals surface area contributed by atoms with Gasteiger partial charge in [0.25, 0.3) is 0 Å². The maximum Gasteiger partial charge on any atom is 0.308 e. The minimum atomic E-state index is -0.108. The van der Waals surface area contributed by atoms with Crippen LogP contribution in [0, 0.1) is 0 Å². The van der Waals surface area contributed by atoms with Gasteiger partial charge in [-0.15, -0.1) is 0 Å². The van der Waals surface area contributed by atoms with Crippen LogP contribution in [0.15, 0.2) is 53.6 Å². The van der Waals surface area contributed by atoms with Crippen LogP contribution < -0.4 is 4.87 Å². The van der Waals surface area contributed by atoms with Crippen LogP contribution in [0.4, 0.5) is 0 Å². The zero-order valence-electron chi connectivity index (χ0n) is 9.95. The van der Waals surface area contributed by atoms with Crippen LogP contribution >= 0.6 is 11.3 Å². The third-order valence-electron chi connectivity index (χ3n) is 2.88. The van der Waals surface area contributed by atoms with Crippen LogP contribution in [-0.2, 0) is 6.54 Å². The maximum absolute atomic E-state index is 12.1. The highest BCUT2D eigenvalue weighted by molar-refractivity contribution is 7.16. The Morgan fingerprint density at radius 1 is 1.16 bits per heavy atom. The number of rotatable bonds is 3. The quantitative estimate of drug-likeness (QED) is 0.686. The van der Waals surface area contributed by atoms with Gasteiger partial charge in [0.15, 0.2) is 5.78 Å². The first kappa shape index (κ1) is 11.8. The third kappa shape index (κ3) is 2.20. The molecule has 0 aliphatic rings. The Morgan fingerprint density at radius 2 is 1.89 bits per heavy atom. The van der Waals surface area contributed by atoms with Gasteiger partial charge in [-0.1, -0.05) is 23.5 Å². The van der Waals surface area contributed by atoms with E-state index in [4.69, 9.17) is 0 Å². The molecule has 0 atom stereocenters. The number of aromatic nitrogens is 2. The molecule has 0 N–H and O–H groups in total. The predicted molar refractivity (Wildman–Crippen MR) is 74.7 cm³/mol. The highest BCUT2D eigenvalue weighted by Gasteiger charge is 2.12. The van der Waals surface area contributed by atoms with E-state index < -0.39 is 0 Å². The number of carbonyl (C=O) groups is 1. The van der Waals surface area contributed by atoms with E-state index in [1.165, 1.54) is 4.57 Å². The number of carbonyl (C=O) groups excluding carboxylic acids is 1. The van der Waals surface area contributed by atoms with Gasteiger partial charge < -0.3 is 0 Å². The summed E-state index contributed by atoms with van der Waals surface area (Å²) >= 11 is 1.16. The number of pyridine rings is 1. The first-order valence-electron chi connectivity index (χ1n) is 5.77. The Labute approximate surface area is 113 Å². The number of hydrogen-bond donors (Lipinski definition) is 0. The second-order valence-corrected chi connectivity index (χ2v) is 5.07. The van der Waals surface area contributed by atoms with E-state index in [1.54, 1.807) is 24.5 Å². The third-order valence-corrected chi connectivity index (χ3v) is 3.84. The first-order chi connectivity index (χ1) is 9.25. The molecule has 0 radical (unpaired) electrons. The van der Waals surface area contributed by atoms with E-state index in [0.29, 0.717) is 5.56 Å². The van der Waals surface area contributed by atoms with Gasteiger partial charge >= 0.3 is 4.87 Å². The average Bonchev–Trinajstić information content (AvgIpc) is 2.76. The molecular weight excluding hydrogens is 260 g/mol. The summed E-state index contributed by atoms with van der Waals surface area (Å²) in [5, 5.41) is 0. The van der Waals surface area contributed by atoms with Gasteiger partial charge in [-0.05, 0) is 24.3 Å². The zero-order chi connectivity index (χ0) is 13.2. The van der Waals surface area contributed by atoms with Gasteiger partial charge in [0, 0.05) is 18.0 Å². The predicted octanol–water partition coefficient (Wildman–Crippen LogP) is 2.34. The van der Waals surface area contributed by atoms with Crippen molar-refractivity contribution in [2.45, 2.75) is 6.54 Å². The summed E-state index contributed by atoms with van der Waals surface area (Å²) in [5.41, 5.74) is 1.37. The van der Waals surface area contributed by atoms with E-state index in [2.05, 4.69) is 4.98 Å². The van der Waals surface area contributed by atoms with Crippen molar-refractivity contribution in [3.8, 4) is 0 Å². The summed E-state index contributed by atoms with van der Waals surface area (Å²) in [7, 11) is 0. The molecule has 94 valence electrons. The zero-order valence-corrected chi connectivity index (χ0v) is 10.8. The van der Waals surface area contributed by atoms with Crippen molar-refractivity contribution in [3.63, 3.8) is 0 Å². The number of para-hydroxylation sites is 1. The van der Waals surface area contributed by atoms with Gasteiger partial charge in [-0.25, -0.2) is 0 Å². The summed E-state index contributed by atoms with van der Waals surface area (Å²) in [6.45, 7) is 0.0624. The number of Topliss-reactive ketones (excluding diaryl/α,β-unsaturated/α-hetero) is 1. The van der Waals surface area contributed by atoms with Gasteiger partial charge in [0.2, 0.25) is 0 Å². The fourth-order valence-electron chi connectivity index (χ4n) is 1.94. The maximum atomic E-state index is 12.1. The molecule has 1 aromatic carbocycles. The van der Waals surface area contributed by atoms with Gasteiger partial charge in [-0.3, -0.25) is 19.1 Å². The normalized spacial score (nSPS) is 10.7. The smallest absolute Gasteiger partial charge is 0.292 e. The monoisotopic (exact) mass is 270 g/mol. The number of thiazole rings is 1. The summed E-state index contributed by atoms with van der Waals surface area (Å²) < 4.78 is 2.41. The molecule has 19 heavy (non-hydrogen) atoms. The van der Waals surface area contributed by atoms with E-state index in [-0.39, 0.29) is 17.2 Å². The van der Waals surface area contributed by atoms with Crippen molar-refractivity contribution in [1.82, 2.24) is 9.55 Å². The van der Waals surface area contributed by atoms with E-state index in [0.717, 1.165) is 21.6 Å². The standard InChI is InChI=1S/C14H10N2O2S/c17-12(10-5-7-15-8-6-10)9-16-11-3-1-2-4-13(11)19-14(16)18/h1-8H,9H2. The minimum Gasteiger partial charge on any atom is -0.292 e.